The number of aliphatic imine (C=N–C) groups is 4. The minimum absolute atomic E-state index is 0. The third-order valence-electron chi connectivity index (χ3n) is 15.8. The van der Waals surface area contributed by atoms with E-state index < -0.39 is 72.1 Å². The molecule has 26 heteroatoms. The number of carbonyl (C=O) groups is 8. The van der Waals surface area contributed by atoms with E-state index in [1.165, 1.54) is 48.0 Å². The van der Waals surface area contributed by atoms with Gasteiger partial charge in [0.15, 0.2) is 24.2 Å². The molecule has 2 radical (unpaired) electrons. The Morgan fingerprint density at radius 2 is 0.512 bits per heavy atom. The van der Waals surface area contributed by atoms with Crippen LogP contribution in [-0.2, 0) is 96.3 Å². The molecular weight excluding hydrogens is 1290 g/mol. The first-order chi connectivity index (χ1) is 40.5. The van der Waals surface area contributed by atoms with Gasteiger partial charge in [0.1, 0.15) is 0 Å². The summed E-state index contributed by atoms with van der Waals surface area (Å²) in [6.45, 7) is 0.204. The second kappa shape index (κ2) is 28.8. The van der Waals surface area contributed by atoms with Gasteiger partial charge in [-0.15, -0.1) is 0 Å². The zero-order valence-electron chi connectivity index (χ0n) is 47.1. The molecule has 4 aromatic rings. The topological polar surface area (TPSA) is 317 Å². The summed E-state index contributed by atoms with van der Waals surface area (Å²) in [5, 5.41) is 39.0. The van der Waals surface area contributed by atoms with Gasteiger partial charge in [-0.3, -0.25) is 38.8 Å². The normalized spacial score (nSPS) is 26.6. The van der Waals surface area contributed by atoms with E-state index in [1.807, 2.05) is 121 Å². The van der Waals surface area contributed by atoms with Gasteiger partial charge in [-0.2, -0.15) is 0 Å². The largest absolute Gasteiger partial charge is 0.480 e. The van der Waals surface area contributed by atoms with Crippen LogP contribution in [0.1, 0.15) is 71.6 Å². The van der Waals surface area contributed by atoms with Crippen LogP contribution >= 0.6 is 0 Å². The first kappa shape index (κ1) is 65.3. The average molecular weight is 1360 g/mol. The Labute approximate surface area is 520 Å². The summed E-state index contributed by atoms with van der Waals surface area (Å²) in [6, 6.07) is 34.3. The van der Waals surface area contributed by atoms with Crippen molar-refractivity contribution in [2.24, 2.45) is 43.6 Å². The van der Waals surface area contributed by atoms with E-state index in [-0.39, 0.29) is 136 Å². The van der Waals surface area contributed by atoms with Crippen molar-refractivity contribution >= 4 is 71.6 Å². The second-order valence-corrected chi connectivity index (χ2v) is 21.1. The summed E-state index contributed by atoms with van der Waals surface area (Å²) in [7, 11) is 5.02. The van der Waals surface area contributed by atoms with Crippen LogP contribution in [0.4, 0.5) is 0 Å². The van der Waals surface area contributed by atoms with Crippen LogP contribution in [0.5, 0.6) is 0 Å². The monoisotopic (exact) mass is 1360 g/mol. The maximum Gasteiger partial charge on any atom is 0.332 e. The zero-order chi connectivity index (χ0) is 59.9. The van der Waals surface area contributed by atoms with Gasteiger partial charge in [0.2, 0.25) is 23.6 Å². The Balaban J connectivity index is 0.000000163. The molecule has 12 atom stereocenters. The summed E-state index contributed by atoms with van der Waals surface area (Å²) in [5.74, 6) is -2.80. The molecule has 4 aliphatic heterocycles. The van der Waals surface area contributed by atoms with E-state index in [0.29, 0.717) is 0 Å². The first-order valence-corrected chi connectivity index (χ1v) is 27.3. The van der Waals surface area contributed by atoms with Gasteiger partial charge in [0, 0.05) is 62.6 Å². The number of ether oxygens (including phenoxy) is 4. The van der Waals surface area contributed by atoms with Crippen molar-refractivity contribution < 1.29 is 117 Å². The van der Waals surface area contributed by atoms with Crippen LogP contribution in [0.15, 0.2) is 141 Å². The minimum Gasteiger partial charge on any atom is -0.480 e. The fourth-order valence-electron chi connectivity index (χ4n) is 10.8. The number of aliphatic hydroxyl groups is 4. The Bertz CT molecular complexity index is 2840. The summed E-state index contributed by atoms with van der Waals surface area (Å²) >= 11 is 0. The number of amidine groups is 4. The number of hydrogen-bond donors (Lipinski definition) is 4. The number of benzene rings is 4. The predicted octanol–water partition coefficient (Wildman–Crippen LogP) is 4.35. The number of esters is 4. The fraction of sp³-hybridized carbons (Fsp3) is 0.400. The molecule has 4 saturated carbocycles. The second-order valence-electron chi connectivity index (χ2n) is 21.1. The summed E-state index contributed by atoms with van der Waals surface area (Å²) in [4.78, 5) is 115. The number of amides is 4. The third-order valence-corrected chi connectivity index (χ3v) is 15.8. The average Bonchev–Trinajstić information content (AvgIpc) is 1.94. The molecule has 8 aliphatic rings. The molecular formula is C60H64N8O16Rh2. The molecule has 4 aromatic carbocycles. The minimum atomic E-state index is -0.826. The Morgan fingerprint density at radius 3 is 0.674 bits per heavy atom. The number of methoxy groups -OCH3 is 4. The third kappa shape index (κ3) is 15.0. The molecule has 24 nitrogen and oxygen atoms in total. The molecule has 12 rings (SSSR count). The van der Waals surface area contributed by atoms with Crippen LogP contribution in [0.2, 0.25) is 0 Å². The molecule has 4 N–H and O–H groups in total. The SMILES string of the molecule is COC(=O)[C@@H]1CN(C(=O)[C@H]2C[C@@H]2c2ccccc2)C(O)=N1.COC(=O)[C@@H]1CN(C(=O)[C@H]2C[C@@H]2c2ccccc2)C(O)=N1.COC(=O)[C@@H]1CN(C(=O)[C@H]2C[C@@H]2c2ccccc2)C(O)=N1.COC(=O)[C@@H]1CN(C(=O)[C@H]2C[C@@H]2c2ccccc2)C(O)=N1.[Rh].[Rh]. The van der Waals surface area contributed by atoms with Gasteiger partial charge >= 0.3 is 23.9 Å². The quantitative estimate of drug-likeness (QED) is 0.0871. The van der Waals surface area contributed by atoms with Crippen LogP contribution in [0.3, 0.4) is 0 Å². The number of aliphatic hydroxyl groups excluding tert-OH is 4. The molecule has 4 aliphatic carbocycles. The van der Waals surface area contributed by atoms with Crippen molar-refractivity contribution in [2.45, 2.75) is 73.5 Å². The zero-order valence-corrected chi connectivity index (χ0v) is 50.3. The number of carbonyl (C=O) groups excluding carboxylic acids is 8. The maximum absolute atomic E-state index is 12.4. The van der Waals surface area contributed by atoms with E-state index >= 15 is 0 Å². The smallest absolute Gasteiger partial charge is 0.332 e. The van der Waals surface area contributed by atoms with Gasteiger partial charge in [-0.1, -0.05) is 121 Å². The van der Waals surface area contributed by atoms with Crippen molar-refractivity contribution in [3.8, 4) is 0 Å². The van der Waals surface area contributed by atoms with E-state index in [1.54, 1.807) is 0 Å². The molecule has 458 valence electrons. The molecule has 4 heterocycles. The maximum atomic E-state index is 12.4. The van der Waals surface area contributed by atoms with Crippen molar-refractivity contribution in [1.82, 2.24) is 19.6 Å². The van der Waals surface area contributed by atoms with Gasteiger partial charge in [0.05, 0.1) is 54.6 Å². The van der Waals surface area contributed by atoms with E-state index in [0.717, 1.165) is 47.9 Å². The number of rotatable bonds is 12. The van der Waals surface area contributed by atoms with Crippen molar-refractivity contribution in [3.05, 3.63) is 144 Å². The van der Waals surface area contributed by atoms with Gasteiger partial charge < -0.3 is 39.4 Å². The van der Waals surface area contributed by atoms with Crippen molar-refractivity contribution in [1.29, 1.82) is 0 Å². The molecule has 86 heavy (non-hydrogen) atoms. The molecule has 0 aromatic heterocycles. The van der Waals surface area contributed by atoms with Gasteiger partial charge in [0.25, 0.3) is 24.1 Å². The summed E-state index contributed by atoms with van der Waals surface area (Å²) in [5.41, 5.74) is 4.49. The molecule has 0 bridgehead atoms. The Morgan fingerprint density at radius 1 is 0.337 bits per heavy atom. The number of nitrogens with zero attached hydrogens (tertiary/aromatic N) is 8. The van der Waals surface area contributed by atoms with Crippen LogP contribution < -0.4 is 0 Å². The first-order valence-electron chi connectivity index (χ1n) is 27.3. The van der Waals surface area contributed by atoms with E-state index in [4.69, 9.17) is 0 Å². The molecule has 0 spiro atoms. The standard InChI is InChI=1S/4C15H16N2O4.2Rh/c4*1-21-14(19)12-8-17(15(20)16-12)13(18)11-7-10(11)9-5-3-2-4-6-9;;/h4*2-6,10-12H,7-8H2,1H3,(H,16,20);;/t4*10-,11+,12+;;/m1111../s1. The Hall–Kier alpha value is -8.23. The number of hydrogen-bond acceptors (Lipinski definition) is 16. The van der Waals surface area contributed by atoms with Crippen LogP contribution in [0, 0.1) is 23.7 Å². The van der Waals surface area contributed by atoms with E-state index in [2.05, 4.69) is 38.9 Å². The van der Waals surface area contributed by atoms with Crippen LogP contribution in [0.25, 0.3) is 0 Å². The van der Waals surface area contributed by atoms with Gasteiger partial charge in [-0.25, -0.2) is 39.1 Å². The summed E-state index contributed by atoms with van der Waals surface area (Å²) in [6.07, 6.45) is 3.04. The van der Waals surface area contributed by atoms with Crippen molar-refractivity contribution in [3.63, 3.8) is 0 Å². The van der Waals surface area contributed by atoms with E-state index in [9.17, 15) is 58.8 Å². The van der Waals surface area contributed by atoms with Crippen LogP contribution in [-0.4, -0.2) is 190 Å². The molecule has 4 fully saturated rings. The van der Waals surface area contributed by atoms with Crippen molar-refractivity contribution in [2.75, 3.05) is 54.6 Å². The predicted molar refractivity (Wildman–Crippen MR) is 299 cm³/mol. The van der Waals surface area contributed by atoms with Gasteiger partial charge in [-0.05, 0) is 71.6 Å². The molecule has 0 unspecified atom stereocenters. The Kier molecular flexibility index (Phi) is 21.8. The molecule has 0 saturated heterocycles. The summed E-state index contributed by atoms with van der Waals surface area (Å²) < 4.78 is 18.3. The fourth-order valence-corrected chi connectivity index (χ4v) is 10.8. The molecule has 4 amide bonds.